The summed E-state index contributed by atoms with van der Waals surface area (Å²) >= 11 is 0. The summed E-state index contributed by atoms with van der Waals surface area (Å²) in [7, 11) is 0. The standard InChI is InChI=1S/C19H25NO3/c21-18(13-14-7-8-15-4-3-5-16(15)12-14)20-11-2-1-6-17(20)9-10-19(22)23/h7-8,12,17H,1-6,9-11,13H2,(H,22,23). The molecule has 1 saturated heterocycles. The molecule has 0 spiro atoms. The SMILES string of the molecule is O=C(O)CCC1CCCCN1C(=O)Cc1ccc2c(c1)CCC2. The number of aliphatic carboxylic acids is 1. The van der Waals surface area contributed by atoms with Gasteiger partial charge in [0.05, 0.1) is 6.42 Å². The number of amides is 1. The summed E-state index contributed by atoms with van der Waals surface area (Å²) in [5, 5.41) is 8.89. The van der Waals surface area contributed by atoms with Crippen LogP contribution in [0.3, 0.4) is 0 Å². The van der Waals surface area contributed by atoms with Gasteiger partial charge in [-0.1, -0.05) is 18.2 Å². The van der Waals surface area contributed by atoms with Crippen molar-refractivity contribution in [3.63, 3.8) is 0 Å². The van der Waals surface area contributed by atoms with Gasteiger partial charge in [0.25, 0.3) is 0 Å². The van der Waals surface area contributed by atoms with Crippen LogP contribution in [-0.2, 0) is 28.9 Å². The molecule has 1 aliphatic heterocycles. The molecular weight excluding hydrogens is 290 g/mol. The second-order valence-electron chi connectivity index (χ2n) is 6.80. The Labute approximate surface area is 137 Å². The molecule has 23 heavy (non-hydrogen) atoms. The summed E-state index contributed by atoms with van der Waals surface area (Å²) in [6.45, 7) is 0.772. The number of piperidine rings is 1. The zero-order valence-corrected chi connectivity index (χ0v) is 13.6. The predicted molar refractivity (Wildman–Crippen MR) is 88.4 cm³/mol. The molecule has 1 aliphatic carbocycles. The number of hydrogen-bond donors (Lipinski definition) is 1. The molecule has 1 N–H and O–H groups in total. The maximum absolute atomic E-state index is 12.7. The zero-order valence-electron chi connectivity index (χ0n) is 13.6. The lowest BCUT2D eigenvalue weighted by atomic mass is 9.96. The first-order valence-electron chi connectivity index (χ1n) is 8.75. The second kappa shape index (κ2) is 7.16. The first-order valence-corrected chi connectivity index (χ1v) is 8.75. The van der Waals surface area contributed by atoms with E-state index in [2.05, 4.69) is 18.2 Å². The quantitative estimate of drug-likeness (QED) is 0.909. The van der Waals surface area contributed by atoms with E-state index in [1.165, 1.54) is 17.5 Å². The topological polar surface area (TPSA) is 57.6 Å². The molecule has 0 radical (unpaired) electrons. The van der Waals surface area contributed by atoms with Gasteiger partial charge in [-0.3, -0.25) is 9.59 Å². The van der Waals surface area contributed by atoms with Crippen LogP contribution >= 0.6 is 0 Å². The van der Waals surface area contributed by atoms with Gasteiger partial charge in [-0.05, 0) is 61.6 Å². The van der Waals surface area contributed by atoms with E-state index in [-0.39, 0.29) is 18.4 Å². The summed E-state index contributed by atoms with van der Waals surface area (Å²) in [5.74, 6) is -0.625. The van der Waals surface area contributed by atoms with Crippen molar-refractivity contribution in [3.8, 4) is 0 Å². The number of fused-ring (bicyclic) bond motifs is 1. The number of carbonyl (C=O) groups is 2. The largest absolute Gasteiger partial charge is 0.481 e. The van der Waals surface area contributed by atoms with Crippen LogP contribution in [0, 0.1) is 0 Å². The fraction of sp³-hybridized carbons (Fsp3) is 0.579. The van der Waals surface area contributed by atoms with Gasteiger partial charge < -0.3 is 10.0 Å². The number of carbonyl (C=O) groups excluding carboxylic acids is 1. The highest BCUT2D eigenvalue weighted by Gasteiger charge is 2.27. The zero-order chi connectivity index (χ0) is 16.2. The molecule has 1 unspecified atom stereocenters. The molecule has 1 atom stereocenters. The first kappa shape index (κ1) is 16.0. The van der Waals surface area contributed by atoms with Gasteiger partial charge in [-0.25, -0.2) is 0 Å². The molecule has 0 aromatic heterocycles. The Balaban J connectivity index is 1.64. The normalized spacial score (nSPS) is 20.3. The molecule has 1 fully saturated rings. The highest BCUT2D eigenvalue weighted by Crippen LogP contribution is 2.25. The van der Waals surface area contributed by atoms with Crippen molar-refractivity contribution in [2.45, 2.75) is 63.8 Å². The van der Waals surface area contributed by atoms with Crippen LogP contribution in [0.2, 0.25) is 0 Å². The number of benzene rings is 1. The molecule has 0 bridgehead atoms. The van der Waals surface area contributed by atoms with Crippen molar-refractivity contribution >= 4 is 11.9 Å². The minimum absolute atomic E-state index is 0.0989. The lowest BCUT2D eigenvalue weighted by molar-refractivity contribution is -0.139. The minimum Gasteiger partial charge on any atom is -0.481 e. The fourth-order valence-electron chi connectivity index (χ4n) is 3.93. The van der Waals surface area contributed by atoms with Gasteiger partial charge in [0.15, 0.2) is 0 Å². The molecule has 2 aliphatic rings. The first-order chi connectivity index (χ1) is 11.1. The molecule has 1 amide bonds. The lowest BCUT2D eigenvalue weighted by Crippen LogP contribution is -2.44. The van der Waals surface area contributed by atoms with Crippen molar-refractivity contribution in [2.75, 3.05) is 6.54 Å². The van der Waals surface area contributed by atoms with Crippen molar-refractivity contribution in [1.29, 1.82) is 0 Å². The molecule has 124 valence electrons. The highest BCUT2D eigenvalue weighted by molar-refractivity contribution is 5.79. The third kappa shape index (κ3) is 3.92. The average molecular weight is 315 g/mol. The number of carboxylic acid groups (broad SMARTS) is 1. The summed E-state index contributed by atoms with van der Waals surface area (Å²) in [4.78, 5) is 25.4. The molecule has 3 rings (SSSR count). The van der Waals surface area contributed by atoms with E-state index >= 15 is 0 Å². The van der Waals surface area contributed by atoms with Crippen LogP contribution in [0.15, 0.2) is 18.2 Å². The van der Waals surface area contributed by atoms with E-state index in [1.807, 2.05) is 4.90 Å². The number of aryl methyl sites for hydroxylation is 2. The van der Waals surface area contributed by atoms with Crippen LogP contribution in [0.4, 0.5) is 0 Å². The maximum atomic E-state index is 12.7. The second-order valence-corrected chi connectivity index (χ2v) is 6.80. The number of hydrogen-bond acceptors (Lipinski definition) is 2. The Morgan fingerprint density at radius 1 is 1.13 bits per heavy atom. The average Bonchev–Trinajstić information content (AvgIpc) is 3.00. The van der Waals surface area contributed by atoms with E-state index in [4.69, 9.17) is 5.11 Å². The van der Waals surface area contributed by atoms with E-state index in [9.17, 15) is 9.59 Å². The maximum Gasteiger partial charge on any atom is 0.303 e. The molecule has 0 saturated carbocycles. The van der Waals surface area contributed by atoms with E-state index in [0.717, 1.165) is 44.2 Å². The fourth-order valence-corrected chi connectivity index (χ4v) is 3.93. The highest BCUT2D eigenvalue weighted by atomic mass is 16.4. The van der Waals surface area contributed by atoms with Gasteiger partial charge in [0, 0.05) is 19.0 Å². The third-order valence-electron chi connectivity index (χ3n) is 5.16. The Hall–Kier alpha value is -1.84. The minimum atomic E-state index is -0.776. The molecule has 1 aromatic rings. The molecule has 1 aromatic carbocycles. The number of nitrogens with zero attached hydrogens (tertiary/aromatic N) is 1. The van der Waals surface area contributed by atoms with Crippen molar-refractivity contribution in [3.05, 3.63) is 34.9 Å². The van der Waals surface area contributed by atoms with Crippen LogP contribution in [0.5, 0.6) is 0 Å². The molecule has 4 heteroatoms. The monoisotopic (exact) mass is 315 g/mol. The molecule has 1 heterocycles. The van der Waals surface area contributed by atoms with Crippen molar-refractivity contribution in [2.24, 2.45) is 0 Å². The van der Waals surface area contributed by atoms with E-state index in [0.29, 0.717) is 12.8 Å². The van der Waals surface area contributed by atoms with Gasteiger partial charge in [0.2, 0.25) is 5.91 Å². The van der Waals surface area contributed by atoms with E-state index < -0.39 is 5.97 Å². The van der Waals surface area contributed by atoms with Crippen LogP contribution in [-0.4, -0.2) is 34.5 Å². The molecule has 4 nitrogen and oxygen atoms in total. The van der Waals surface area contributed by atoms with Crippen LogP contribution < -0.4 is 0 Å². The van der Waals surface area contributed by atoms with Gasteiger partial charge in [-0.2, -0.15) is 0 Å². The summed E-state index contributed by atoms with van der Waals surface area (Å²) in [6.07, 6.45) is 7.72. The predicted octanol–water partition coefficient (Wildman–Crippen LogP) is 2.96. The number of carboxylic acids is 1. The summed E-state index contributed by atoms with van der Waals surface area (Å²) in [5.41, 5.74) is 3.92. The van der Waals surface area contributed by atoms with Crippen LogP contribution in [0.1, 0.15) is 55.2 Å². The Bertz CT molecular complexity index is 596. The Morgan fingerprint density at radius 2 is 1.96 bits per heavy atom. The molecular formula is C19H25NO3. The number of rotatable bonds is 5. The smallest absolute Gasteiger partial charge is 0.303 e. The third-order valence-corrected chi connectivity index (χ3v) is 5.16. The number of likely N-dealkylation sites (tertiary alicyclic amines) is 1. The van der Waals surface area contributed by atoms with Crippen molar-refractivity contribution < 1.29 is 14.7 Å². The van der Waals surface area contributed by atoms with Gasteiger partial charge in [-0.15, -0.1) is 0 Å². The van der Waals surface area contributed by atoms with Gasteiger partial charge in [0.1, 0.15) is 0 Å². The lowest BCUT2D eigenvalue weighted by Gasteiger charge is -2.36. The Morgan fingerprint density at radius 3 is 2.78 bits per heavy atom. The van der Waals surface area contributed by atoms with Crippen LogP contribution in [0.25, 0.3) is 0 Å². The summed E-state index contributed by atoms with van der Waals surface area (Å²) in [6, 6.07) is 6.54. The Kier molecular flexibility index (Phi) is 4.99. The van der Waals surface area contributed by atoms with Crippen molar-refractivity contribution in [1.82, 2.24) is 4.90 Å². The van der Waals surface area contributed by atoms with E-state index in [1.54, 1.807) is 0 Å². The van der Waals surface area contributed by atoms with Gasteiger partial charge >= 0.3 is 5.97 Å². The summed E-state index contributed by atoms with van der Waals surface area (Å²) < 4.78 is 0.